The second kappa shape index (κ2) is 9.58. The van der Waals surface area contributed by atoms with Gasteiger partial charge in [-0.3, -0.25) is 19.3 Å². The molecule has 0 saturated carbocycles. The van der Waals surface area contributed by atoms with Crippen molar-refractivity contribution in [3.63, 3.8) is 0 Å². The van der Waals surface area contributed by atoms with Gasteiger partial charge in [-0.15, -0.1) is 0 Å². The molecule has 9 heteroatoms. The van der Waals surface area contributed by atoms with E-state index in [1.165, 1.54) is 18.4 Å². The molecule has 2 amide bonds. The van der Waals surface area contributed by atoms with Crippen LogP contribution in [0.5, 0.6) is 0 Å². The van der Waals surface area contributed by atoms with Gasteiger partial charge in [-0.1, -0.05) is 36.9 Å². The molecular weight excluding hydrogens is 378 g/mol. The average Bonchev–Trinajstić information content (AvgIpc) is 3.25. The normalized spacial score (nSPS) is 12.6. The Morgan fingerprint density at radius 1 is 1.10 bits per heavy atom. The quantitative estimate of drug-likeness (QED) is 0.399. The van der Waals surface area contributed by atoms with Crippen LogP contribution in [0, 0.1) is 0 Å². The van der Waals surface area contributed by atoms with Crippen LogP contribution in [-0.2, 0) is 25.6 Å². The molecule has 152 valence electrons. The SMILES string of the molecule is C=C(C(=O)C(C(=O)O)N(C(=O)CN)C(=O)C(N)Cc1ccccc1)c1ccco1. The number of furan rings is 1. The smallest absolute Gasteiger partial charge is 0.335 e. The molecule has 5 N–H and O–H groups in total. The van der Waals surface area contributed by atoms with Gasteiger partial charge in [0.15, 0.2) is 11.8 Å². The van der Waals surface area contributed by atoms with E-state index >= 15 is 0 Å². The van der Waals surface area contributed by atoms with Crippen LogP contribution >= 0.6 is 0 Å². The average molecular weight is 399 g/mol. The summed E-state index contributed by atoms with van der Waals surface area (Å²) < 4.78 is 5.05. The highest BCUT2D eigenvalue weighted by Gasteiger charge is 2.42. The lowest BCUT2D eigenvalue weighted by Gasteiger charge is -2.28. The van der Waals surface area contributed by atoms with E-state index in [0.29, 0.717) is 10.5 Å². The first-order valence-corrected chi connectivity index (χ1v) is 8.63. The van der Waals surface area contributed by atoms with Gasteiger partial charge >= 0.3 is 5.97 Å². The van der Waals surface area contributed by atoms with Crippen LogP contribution in [0.2, 0.25) is 0 Å². The van der Waals surface area contributed by atoms with Crippen LogP contribution in [0.1, 0.15) is 11.3 Å². The first-order chi connectivity index (χ1) is 13.8. The largest absolute Gasteiger partial charge is 0.479 e. The van der Waals surface area contributed by atoms with Crippen molar-refractivity contribution in [2.45, 2.75) is 18.5 Å². The maximum atomic E-state index is 12.9. The summed E-state index contributed by atoms with van der Waals surface area (Å²) in [6, 6.07) is 8.16. The predicted molar refractivity (Wildman–Crippen MR) is 103 cm³/mol. The molecule has 0 saturated heterocycles. The van der Waals surface area contributed by atoms with Crippen LogP contribution in [0.4, 0.5) is 0 Å². The Morgan fingerprint density at radius 2 is 1.76 bits per heavy atom. The van der Waals surface area contributed by atoms with E-state index in [0.717, 1.165) is 0 Å². The predicted octanol–water partition coefficient (Wildman–Crippen LogP) is 0.199. The van der Waals surface area contributed by atoms with Crippen molar-refractivity contribution in [2.24, 2.45) is 11.5 Å². The van der Waals surface area contributed by atoms with Gasteiger partial charge in [-0.2, -0.15) is 0 Å². The molecule has 0 aliphatic heterocycles. The number of ketones is 1. The minimum Gasteiger partial charge on any atom is -0.479 e. The zero-order valence-corrected chi connectivity index (χ0v) is 15.5. The number of carbonyl (C=O) groups excluding carboxylic acids is 3. The fraction of sp³-hybridized carbons (Fsp3) is 0.200. The zero-order valence-electron chi connectivity index (χ0n) is 15.5. The minimum atomic E-state index is -2.17. The number of nitrogens with zero attached hydrogens (tertiary/aromatic N) is 1. The fourth-order valence-electron chi connectivity index (χ4n) is 2.70. The van der Waals surface area contributed by atoms with Gasteiger partial charge in [0.05, 0.1) is 24.4 Å². The molecule has 0 fully saturated rings. The second-order valence-electron chi connectivity index (χ2n) is 6.16. The van der Waals surface area contributed by atoms with Crippen LogP contribution in [-0.4, -0.2) is 52.2 Å². The van der Waals surface area contributed by atoms with Crippen molar-refractivity contribution in [2.75, 3.05) is 6.54 Å². The number of rotatable bonds is 9. The third-order valence-corrected chi connectivity index (χ3v) is 4.15. The van der Waals surface area contributed by atoms with E-state index in [2.05, 4.69) is 6.58 Å². The van der Waals surface area contributed by atoms with Crippen LogP contribution in [0.3, 0.4) is 0 Å². The molecule has 2 rings (SSSR count). The topological polar surface area (TPSA) is 157 Å². The summed E-state index contributed by atoms with van der Waals surface area (Å²) in [4.78, 5) is 50.1. The van der Waals surface area contributed by atoms with E-state index < -0.39 is 42.2 Å². The van der Waals surface area contributed by atoms with Crippen LogP contribution < -0.4 is 11.5 Å². The van der Waals surface area contributed by atoms with E-state index in [1.54, 1.807) is 30.3 Å². The number of aliphatic carboxylic acids is 1. The summed E-state index contributed by atoms with van der Waals surface area (Å²) in [5.41, 5.74) is 11.7. The third-order valence-electron chi connectivity index (χ3n) is 4.15. The van der Waals surface area contributed by atoms with E-state index in [4.69, 9.17) is 15.9 Å². The molecule has 2 aromatic rings. The first kappa shape index (κ1) is 21.7. The highest BCUT2D eigenvalue weighted by atomic mass is 16.4. The molecule has 0 spiro atoms. The first-order valence-electron chi connectivity index (χ1n) is 8.63. The Labute approximate surface area is 166 Å². The van der Waals surface area contributed by atoms with Crippen molar-refractivity contribution in [3.8, 4) is 0 Å². The molecule has 1 aromatic heterocycles. The maximum absolute atomic E-state index is 12.9. The van der Waals surface area contributed by atoms with Crippen molar-refractivity contribution in [3.05, 3.63) is 66.6 Å². The molecule has 1 heterocycles. The number of Topliss-reactive ketones (excluding diaryl/α,β-unsaturated/α-hetero) is 1. The third kappa shape index (κ3) is 5.03. The molecule has 0 bridgehead atoms. The fourth-order valence-corrected chi connectivity index (χ4v) is 2.70. The Bertz CT molecular complexity index is 908. The van der Waals surface area contributed by atoms with Gasteiger partial charge in [-0.25, -0.2) is 4.79 Å². The van der Waals surface area contributed by atoms with Crippen molar-refractivity contribution >= 4 is 29.1 Å². The maximum Gasteiger partial charge on any atom is 0.335 e. The van der Waals surface area contributed by atoms with Gasteiger partial charge in [0, 0.05) is 0 Å². The Hall–Kier alpha value is -3.56. The molecule has 1 aromatic carbocycles. The number of benzene rings is 1. The van der Waals surface area contributed by atoms with Crippen LogP contribution in [0.15, 0.2) is 59.7 Å². The summed E-state index contributed by atoms with van der Waals surface area (Å²) in [6.07, 6.45) is 1.31. The summed E-state index contributed by atoms with van der Waals surface area (Å²) in [5, 5.41) is 9.61. The Kier molecular flexibility index (Phi) is 7.18. The molecular formula is C20H21N3O6. The number of carboxylic acids is 1. The highest BCUT2D eigenvalue weighted by molar-refractivity contribution is 6.29. The summed E-state index contributed by atoms with van der Waals surface area (Å²) >= 11 is 0. The molecule has 0 aliphatic carbocycles. The number of nitrogens with two attached hydrogens (primary N) is 2. The number of imide groups is 1. The second-order valence-corrected chi connectivity index (χ2v) is 6.16. The summed E-state index contributed by atoms with van der Waals surface area (Å²) in [6.45, 7) is 2.84. The molecule has 0 radical (unpaired) electrons. The lowest BCUT2D eigenvalue weighted by molar-refractivity contribution is -0.160. The number of hydrogen-bond acceptors (Lipinski definition) is 7. The van der Waals surface area contributed by atoms with Gasteiger partial charge in [0.1, 0.15) is 5.76 Å². The number of carboxylic acid groups (broad SMARTS) is 1. The van der Waals surface area contributed by atoms with E-state index in [1.807, 2.05) is 0 Å². The highest BCUT2D eigenvalue weighted by Crippen LogP contribution is 2.19. The van der Waals surface area contributed by atoms with E-state index in [-0.39, 0.29) is 17.8 Å². The van der Waals surface area contributed by atoms with Gasteiger partial charge in [-0.05, 0) is 24.1 Å². The van der Waals surface area contributed by atoms with Gasteiger partial charge in [0.25, 0.3) is 0 Å². The zero-order chi connectivity index (χ0) is 21.6. The lowest BCUT2D eigenvalue weighted by atomic mass is 9.99. The van der Waals surface area contributed by atoms with Crippen molar-refractivity contribution < 1.29 is 28.7 Å². The van der Waals surface area contributed by atoms with Gasteiger partial charge < -0.3 is 21.0 Å². The van der Waals surface area contributed by atoms with E-state index in [9.17, 15) is 24.3 Å². The van der Waals surface area contributed by atoms with Crippen molar-refractivity contribution in [1.82, 2.24) is 4.90 Å². The summed E-state index contributed by atoms with van der Waals surface area (Å²) in [5.74, 6) is -4.87. The number of carbonyl (C=O) groups is 4. The number of hydrogen-bond donors (Lipinski definition) is 3. The lowest BCUT2D eigenvalue weighted by Crippen LogP contribution is -2.58. The molecule has 0 aliphatic rings. The molecule has 9 nitrogen and oxygen atoms in total. The molecule has 2 unspecified atom stereocenters. The number of amides is 2. The monoisotopic (exact) mass is 399 g/mol. The van der Waals surface area contributed by atoms with Gasteiger partial charge in [0.2, 0.25) is 11.8 Å². The molecule has 29 heavy (non-hydrogen) atoms. The molecule has 2 atom stereocenters. The Balaban J connectivity index is 2.35. The standard InChI is InChI=1S/C20H21N3O6/c1-12(15-8-5-9-29-15)18(25)17(20(27)28)23(16(24)11-21)19(26)14(22)10-13-6-3-2-4-7-13/h2-9,14,17H,1,10-11,21-22H2,(H,27,28). The Morgan fingerprint density at radius 3 is 2.28 bits per heavy atom. The summed E-state index contributed by atoms with van der Waals surface area (Å²) in [7, 11) is 0. The minimum absolute atomic E-state index is 0.0161. The van der Waals surface area contributed by atoms with Crippen LogP contribution in [0.25, 0.3) is 5.57 Å². The van der Waals surface area contributed by atoms with Crippen molar-refractivity contribution in [1.29, 1.82) is 0 Å².